The minimum Gasteiger partial charge on any atom is -0.322 e. The van der Waals surface area contributed by atoms with Crippen molar-refractivity contribution in [1.82, 2.24) is 20.4 Å². The molecule has 0 bridgehead atoms. The summed E-state index contributed by atoms with van der Waals surface area (Å²) in [5, 5.41) is 16.8. The number of urea groups is 1. The molecule has 3 aromatic rings. The zero-order valence-corrected chi connectivity index (χ0v) is 15.4. The lowest BCUT2D eigenvalue weighted by atomic mass is 10.1. The van der Waals surface area contributed by atoms with Crippen molar-refractivity contribution in [2.75, 3.05) is 36.8 Å². The SMILES string of the molecule is O=C(Cc1ccccc1)Nc1n[nH]c2ccc(NC(=O)N3CCNCC3)cc12. The van der Waals surface area contributed by atoms with Crippen LogP contribution in [-0.2, 0) is 11.2 Å². The van der Waals surface area contributed by atoms with E-state index in [1.165, 1.54) is 0 Å². The fourth-order valence-corrected chi connectivity index (χ4v) is 3.22. The van der Waals surface area contributed by atoms with Crippen molar-refractivity contribution in [2.24, 2.45) is 0 Å². The maximum absolute atomic E-state index is 12.4. The number of carbonyl (C=O) groups excluding carboxylic acids is 2. The van der Waals surface area contributed by atoms with E-state index in [9.17, 15) is 9.59 Å². The first-order valence-electron chi connectivity index (χ1n) is 9.27. The Bertz CT molecular complexity index is 979. The molecule has 1 aromatic heterocycles. The average molecular weight is 378 g/mol. The number of aromatic amines is 1. The van der Waals surface area contributed by atoms with Gasteiger partial charge in [-0.2, -0.15) is 5.10 Å². The van der Waals surface area contributed by atoms with Gasteiger partial charge in [0.1, 0.15) is 0 Å². The first kappa shape index (κ1) is 18.0. The Morgan fingerprint density at radius 2 is 1.82 bits per heavy atom. The lowest BCUT2D eigenvalue weighted by molar-refractivity contribution is -0.115. The van der Waals surface area contributed by atoms with Crippen molar-refractivity contribution in [3.05, 3.63) is 54.1 Å². The van der Waals surface area contributed by atoms with Gasteiger partial charge in [0, 0.05) is 37.3 Å². The summed E-state index contributed by atoms with van der Waals surface area (Å²) in [4.78, 5) is 26.5. The van der Waals surface area contributed by atoms with E-state index in [-0.39, 0.29) is 18.4 Å². The third-order valence-electron chi connectivity index (χ3n) is 4.68. The number of hydrogen-bond acceptors (Lipinski definition) is 4. The highest BCUT2D eigenvalue weighted by molar-refractivity contribution is 6.02. The summed E-state index contributed by atoms with van der Waals surface area (Å²) in [5.41, 5.74) is 2.38. The van der Waals surface area contributed by atoms with Crippen molar-refractivity contribution in [2.45, 2.75) is 6.42 Å². The zero-order chi connectivity index (χ0) is 19.3. The summed E-state index contributed by atoms with van der Waals surface area (Å²) < 4.78 is 0. The van der Waals surface area contributed by atoms with Crippen LogP contribution >= 0.6 is 0 Å². The van der Waals surface area contributed by atoms with Crippen LogP contribution < -0.4 is 16.0 Å². The van der Waals surface area contributed by atoms with Gasteiger partial charge in [-0.3, -0.25) is 9.89 Å². The van der Waals surface area contributed by atoms with E-state index in [0.29, 0.717) is 24.6 Å². The Morgan fingerprint density at radius 1 is 1.04 bits per heavy atom. The van der Waals surface area contributed by atoms with Crippen molar-refractivity contribution in [1.29, 1.82) is 0 Å². The number of fused-ring (bicyclic) bond motifs is 1. The quantitative estimate of drug-likeness (QED) is 0.559. The Kier molecular flexibility index (Phi) is 5.20. The molecule has 0 radical (unpaired) electrons. The molecule has 0 spiro atoms. The van der Waals surface area contributed by atoms with Gasteiger partial charge in [-0.25, -0.2) is 4.79 Å². The van der Waals surface area contributed by atoms with Gasteiger partial charge in [-0.1, -0.05) is 30.3 Å². The molecule has 3 amide bonds. The van der Waals surface area contributed by atoms with E-state index in [1.807, 2.05) is 48.5 Å². The molecule has 8 nitrogen and oxygen atoms in total. The minimum absolute atomic E-state index is 0.126. The maximum atomic E-state index is 12.4. The van der Waals surface area contributed by atoms with E-state index in [4.69, 9.17) is 0 Å². The van der Waals surface area contributed by atoms with Gasteiger partial charge in [-0.05, 0) is 23.8 Å². The highest BCUT2D eigenvalue weighted by Crippen LogP contribution is 2.24. The Labute approximate surface area is 162 Å². The highest BCUT2D eigenvalue weighted by atomic mass is 16.2. The predicted octanol–water partition coefficient (Wildman–Crippen LogP) is 2.18. The Morgan fingerprint density at radius 3 is 2.61 bits per heavy atom. The van der Waals surface area contributed by atoms with Gasteiger partial charge in [0.15, 0.2) is 5.82 Å². The summed E-state index contributed by atoms with van der Waals surface area (Å²) in [6.07, 6.45) is 0.272. The lowest BCUT2D eigenvalue weighted by Gasteiger charge is -2.27. The molecule has 1 fully saturated rings. The summed E-state index contributed by atoms with van der Waals surface area (Å²) >= 11 is 0. The largest absolute Gasteiger partial charge is 0.322 e. The van der Waals surface area contributed by atoms with E-state index in [2.05, 4.69) is 26.1 Å². The van der Waals surface area contributed by atoms with Crippen LogP contribution in [-0.4, -0.2) is 53.2 Å². The smallest absolute Gasteiger partial charge is 0.321 e. The van der Waals surface area contributed by atoms with E-state index in [0.717, 1.165) is 29.6 Å². The fourth-order valence-electron chi connectivity index (χ4n) is 3.22. The number of H-pyrrole nitrogens is 1. The van der Waals surface area contributed by atoms with Gasteiger partial charge < -0.3 is 20.9 Å². The number of carbonyl (C=O) groups is 2. The second-order valence-corrected chi connectivity index (χ2v) is 6.71. The van der Waals surface area contributed by atoms with E-state index < -0.39 is 0 Å². The summed E-state index contributed by atoms with van der Waals surface area (Å²) in [5.74, 6) is 0.309. The standard InChI is InChI=1S/C20H22N6O2/c27-18(12-14-4-2-1-3-5-14)23-19-16-13-15(6-7-17(16)24-25-19)22-20(28)26-10-8-21-9-11-26/h1-7,13,21H,8-12H2,(H,22,28)(H2,23,24,25,27). The normalized spacial score (nSPS) is 14.1. The second-order valence-electron chi connectivity index (χ2n) is 6.71. The molecule has 4 rings (SSSR count). The molecule has 28 heavy (non-hydrogen) atoms. The number of benzene rings is 2. The van der Waals surface area contributed by atoms with Crippen LogP contribution in [0.1, 0.15) is 5.56 Å². The Balaban J connectivity index is 1.46. The van der Waals surface area contributed by atoms with E-state index >= 15 is 0 Å². The van der Waals surface area contributed by atoms with Gasteiger partial charge in [0.25, 0.3) is 0 Å². The predicted molar refractivity (Wildman–Crippen MR) is 108 cm³/mol. The molecular formula is C20H22N6O2. The molecule has 0 atom stereocenters. The van der Waals surface area contributed by atoms with Crippen LogP contribution in [0.3, 0.4) is 0 Å². The molecule has 1 aliphatic rings. The fraction of sp³-hybridized carbons (Fsp3) is 0.250. The number of rotatable bonds is 4. The molecule has 1 aliphatic heterocycles. The summed E-state index contributed by atoms with van der Waals surface area (Å²) in [7, 11) is 0. The molecule has 0 aliphatic carbocycles. The summed E-state index contributed by atoms with van der Waals surface area (Å²) in [6, 6.07) is 14.9. The Hall–Kier alpha value is -3.39. The number of amides is 3. The zero-order valence-electron chi connectivity index (χ0n) is 15.4. The number of aromatic nitrogens is 2. The number of nitrogens with one attached hydrogen (secondary N) is 4. The molecule has 0 unspecified atom stereocenters. The maximum Gasteiger partial charge on any atom is 0.321 e. The van der Waals surface area contributed by atoms with Crippen molar-refractivity contribution < 1.29 is 9.59 Å². The molecule has 144 valence electrons. The van der Waals surface area contributed by atoms with Crippen LogP contribution in [0, 0.1) is 0 Å². The van der Waals surface area contributed by atoms with Gasteiger partial charge in [0.2, 0.25) is 5.91 Å². The third-order valence-corrected chi connectivity index (χ3v) is 4.68. The van der Waals surface area contributed by atoms with Crippen LogP contribution in [0.2, 0.25) is 0 Å². The van der Waals surface area contributed by atoms with Crippen molar-refractivity contribution in [3.63, 3.8) is 0 Å². The lowest BCUT2D eigenvalue weighted by Crippen LogP contribution is -2.48. The van der Waals surface area contributed by atoms with Gasteiger partial charge in [-0.15, -0.1) is 0 Å². The van der Waals surface area contributed by atoms with Crippen molar-refractivity contribution >= 4 is 34.3 Å². The molecule has 0 saturated carbocycles. The topological polar surface area (TPSA) is 102 Å². The third kappa shape index (κ3) is 4.12. The number of piperazine rings is 1. The first-order valence-corrected chi connectivity index (χ1v) is 9.27. The van der Waals surface area contributed by atoms with Crippen LogP contribution in [0.25, 0.3) is 10.9 Å². The summed E-state index contributed by atoms with van der Waals surface area (Å²) in [6.45, 7) is 2.96. The molecule has 8 heteroatoms. The molecule has 1 saturated heterocycles. The van der Waals surface area contributed by atoms with Crippen LogP contribution in [0.4, 0.5) is 16.3 Å². The highest BCUT2D eigenvalue weighted by Gasteiger charge is 2.17. The van der Waals surface area contributed by atoms with Gasteiger partial charge in [0.05, 0.1) is 11.9 Å². The minimum atomic E-state index is -0.144. The van der Waals surface area contributed by atoms with Crippen LogP contribution in [0.15, 0.2) is 48.5 Å². The monoisotopic (exact) mass is 378 g/mol. The number of hydrogen-bond donors (Lipinski definition) is 4. The second kappa shape index (κ2) is 8.10. The average Bonchev–Trinajstić information content (AvgIpc) is 3.11. The number of anilines is 2. The van der Waals surface area contributed by atoms with Gasteiger partial charge >= 0.3 is 6.03 Å². The molecule has 2 heterocycles. The molecule has 2 aromatic carbocycles. The van der Waals surface area contributed by atoms with Crippen LogP contribution in [0.5, 0.6) is 0 Å². The molecule has 4 N–H and O–H groups in total. The van der Waals surface area contributed by atoms with Crippen molar-refractivity contribution in [3.8, 4) is 0 Å². The van der Waals surface area contributed by atoms with E-state index in [1.54, 1.807) is 4.90 Å². The molecular weight excluding hydrogens is 356 g/mol. The first-order chi connectivity index (χ1) is 13.7. The number of nitrogens with zero attached hydrogens (tertiary/aromatic N) is 2.